The second kappa shape index (κ2) is 8.36. The van der Waals surface area contributed by atoms with Crippen molar-refractivity contribution in [3.05, 3.63) is 72.3 Å². The lowest BCUT2D eigenvalue weighted by Gasteiger charge is -2.19. The van der Waals surface area contributed by atoms with E-state index in [0.29, 0.717) is 23.4 Å². The third-order valence-corrected chi connectivity index (χ3v) is 4.27. The molecular formula is C22H21NO4. The SMILES string of the molecule is CC[C@H](Oc1cccc2ccccc12)C(=O)Nc1ccccc1C(=O)OC. The van der Waals surface area contributed by atoms with Crippen molar-refractivity contribution < 1.29 is 19.1 Å². The van der Waals surface area contributed by atoms with Crippen molar-refractivity contribution in [2.75, 3.05) is 12.4 Å². The van der Waals surface area contributed by atoms with Crippen molar-refractivity contribution in [1.82, 2.24) is 0 Å². The van der Waals surface area contributed by atoms with Crippen LogP contribution in [-0.4, -0.2) is 25.1 Å². The lowest BCUT2D eigenvalue weighted by atomic mass is 10.1. The molecule has 138 valence electrons. The maximum absolute atomic E-state index is 12.8. The van der Waals surface area contributed by atoms with Crippen molar-refractivity contribution in [2.24, 2.45) is 0 Å². The van der Waals surface area contributed by atoms with Gasteiger partial charge in [0.15, 0.2) is 6.10 Å². The number of nitrogens with one attached hydrogen (secondary N) is 1. The van der Waals surface area contributed by atoms with Gasteiger partial charge in [-0.25, -0.2) is 4.79 Å². The summed E-state index contributed by atoms with van der Waals surface area (Å²) in [6.45, 7) is 1.88. The minimum absolute atomic E-state index is 0.299. The summed E-state index contributed by atoms with van der Waals surface area (Å²) in [5.74, 6) is -0.174. The van der Waals surface area contributed by atoms with Gasteiger partial charge in [-0.05, 0) is 30.0 Å². The van der Waals surface area contributed by atoms with E-state index in [2.05, 4.69) is 5.32 Å². The molecule has 27 heavy (non-hydrogen) atoms. The first-order valence-electron chi connectivity index (χ1n) is 8.76. The van der Waals surface area contributed by atoms with E-state index in [1.54, 1.807) is 24.3 Å². The number of rotatable bonds is 6. The molecule has 1 amide bonds. The van der Waals surface area contributed by atoms with Crippen LogP contribution in [0, 0.1) is 0 Å². The molecule has 3 aromatic carbocycles. The first-order valence-corrected chi connectivity index (χ1v) is 8.76. The van der Waals surface area contributed by atoms with Crippen LogP contribution in [0.2, 0.25) is 0 Å². The van der Waals surface area contributed by atoms with Gasteiger partial charge in [0.2, 0.25) is 0 Å². The predicted octanol–water partition coefficient (Wildman–Crippen LogP) is 4.42. The van der Waals surface area contributed by atoms with Gasteiger partial charge in [0, 0.05) is 5.39 Å². The number of hydrogen-bond donors (Lipinski definition) is 1. The van der Waals surface area contributed by atoms with E-state index in [-0.39, 0.29) is 5.91 Å². The lowest BCUT2D eigenvalue weighted by molar-refractivity contribution is -0.122. The molecule has 0 saturated carbocycles. The Balaban J connectivity index is 1.82. The summed E-state index contributed by atoms with van der Waals surface area (Å²) in [6, 6.07) is 20.3. The highest BCUT2D eigenvalue weighted by Gasteiger charge is 2.21. The number of ether oxygens (including phenoxy) is 2. The van der Waals surface area contributed by atoms with Gasteiger partial charge in [-0.3, -0.25) is 4.79 Å². The molecule has 1 atom stereocenters. The molecule has 0 aliphatic heterocycles. The molecule has 0 saturated heterocycles. The summed E-state index contributed by atoms with van der Waals surface area (Å²) >= 11 is 0. The Hall–Kier alpha value is -3.34. The molecule has 0 aromatic heterocycles. The Labute approximate surface area is 157 Å². The van der Waals surface area contributed by atoms with Gasteiger partial charge in [-0.15, -0.1) is 0 Å². The number of carbonyl (C=O) groups excluding carboxylic acids is 2. The fourth-order valence-corrected chi connectivity index (χ4v) is 2.87. The maximum atomic E-state index is 12.8. The van der Waals surface area contributed by atoms with Crippen molar-refractivity contribution in [3.8, 4) is 5.75 Å². The van der Waals surface area contributed by atoms with E-state index in [1.165, 1.54) is 7.11 Å². The van der Waals surface area contributed by atoms with E-state index in [9.17, 15) is 9.59 Å². The van der Waals surface area contributed by atoms with Crippen molar-refractivity contribution in [1.29, 1.82) is 0 Å². The highest BCUT2D eigenvalue weighted by molar-refractivity contribution is 6.02. The largest absolute Gasteiger partial charge is 0.480 e. The maximum Gasteiger partial charge on any atom is 0.339 e. The van der Waals surface area contributed by atoms with Crippen LogP contribution in [0.4, 0.5) is 5.69 Å². The zero-order valence-electron chi connectivity index (χ0n) is 15.3. The summed E-state index contributed by atoms with van der Waals surface area (Å²) in [6.07, 6.45) is -0.211. The van der Waals surface area contributed by atoms with Crippen LogP contribution >= 0.6 is 0 Å². The van der Waals surface area contributed by atoms with Crippen LogP contribution in [0.1, 0.15) is 23.7 Å². The van der Waals surface area contributed by atoms with Crippen molar-refractivity contribution in [2.45, 2.75) is 19.4 Å². The van der Waals surface area contributed by atoms with Crippen LogP contribution in [-0.2, 0) is 9.53 Å². The summed E-state index contributed by atoms with van der Waals surface area (Å²) in [5, 5.41) is 4.77. The number of anilines is 1. The smallest absolute Gasteiger partial charge is 0.339 e. The second-order valence-corrected chi connectivity index (χ2v) is 6.02. The second-order valence-electron chi connectivity index (χ2n) is 6.02. The zero-order chi connectivity index (χ0) is 19.2. The monoisotopic (exact) mass is 363 g/mol. The fourth-order valence-electron chi connectivity index (χ4n) is 2.87. The van der Waals surface area contributed by atoms with Gasteiger partial charge >= 0.3 is 5.97 Å². The molecule has 3 rings (SSSR count). The van der Waals surface area contributed by atoms with Gasteiger partial charge < -0.3 is 14.8 Å². The molecule has 0 aliphatic carbocycles. The molecule has 0 heterocycles. The van der Waals surface area contributed by atoms with E-state index in [1.807, 2.05) is 49.4 Å². The quantitative estimate of drug-likeness (QED) is 0.658. The Morgan fingerprint density at radius 2 is 1.67 bits per heavy atom. The van der Waals surface area contributed by atoms with Gasteiger partial charge in [0.05, 0.1) is 18.4 Å². The lowest BCUT2D eigenvalue weighted by Crippen LogP contribution is -2.33. The molecule has 0 fully saturated rings. The van der Waals surface area contributed by atoms with Crippen molar-refractivity contribution >= 4 is 28.3 Å². The molecule has 3 aromatic rings. The van der Waals surface area contributed by atoms with Crippen LogP contribution in [0.15, 0.2) is 66.7 Å². The summed E-state index contributed by atoms with van der Waals surface area (Å²) in [5.41, 5.74) is 0.697. The molecule has 1 N–H and O–H groups in total. The van der Waals surface area contributed by atoms with E-state index >= 15 is 0 Å². The first-order chi connectivity index (χ1) is 13.1. The fraction of sp³-hybridized carbons (Fsp3) is 0.182. The minimum atomic E-state index is -0.693. The Kier molecular flexibility index (Phi) is 5.71. The number of fused-ring (bicyclic) bond motifs is 1. The van der Waals surface area contributed by atoms with Crippen LogP contribution < -0.4 is 10.1 Å². The number of para-hydroxylation sites is 1. The Morgan fingerprint density at radius 1 is 0.963 bits per heavy atom. The normalized spacial score (nSPS) is 11.6. The van der Waals surface area contributed by atoms with Crippen molar-refractivity contribution in [3.63, 3.8) is 0 Å². The third kappa shape index (κ3) is 4.08. The molecule has 0 radical (unpaired) electrons. The summed E-state index contributed by atoms with van der Waals surface area (Å²) in [4.78, 5) is 24.6. The van der Waals surface area contributed by atoms with Gasteiger partial charge in [-0.2, -0.15) is 0 Å². The third-order valence-electron chi connectivity index (χ3n) is 4.27. The Morgan fingerprint density at radius 3 is 2.44 bits per heavy atom. The molecule has 0 unspecified atom stereocenters. The number of benzene rings is 3. The predicted molar refractivity (Wildman–Crippen MR) is 105 cm³/mol. The number of carbonyl (C=O) groups is 2. The summed E-state index contributed by atoms with van der Waals surface area (Å²) < 4.78 is 10.8. The summed E-state index contributed by atoms with van der Waals surface area (Å²) in [7, 11) is 1.30. The number of esters is 1. The molecule has 0 spiro atoms. The standard InChI is InChI=1S/C22H21NO4/c1-3-19(27-20-14-8-10-15-9-4-5-11-16(15)20)21(24)23-18-13-7-6-12-17(18)22(25)26-2/h4-14,19H,3H2,1-2H3,(H,23,24)/t19-/m0/s1. The first kappa shape index (κ1) is 18.5. The molecular weight excluding hydrogens is 342 g/mol. The molecule has 0 bridgehead atoms. The Bertz CT molecular complexity index is 962. The van der Waals surface area contributed by atoms with Crippen LogP contribution in [0.3, 0.4) is 0 Å². The van der Waals surface area contributed by atoms with Gasteiger partial charge in [0.1, 0.15) is 5.75 Å². The van der Waals surface area contributed by atoms with Crippen LogP contribution in [0.5, 0.6) is 5.75 Å². The minimum Gasteiger partial charge on any atom is -0.480 e. The van der Waals surface area contributed by atoms with Gasteiger partial charge in [0.25, 0.3) is 5.91 Å². The van der Waals surface area contributed by atoms with Gasteiger partial charge in [-0.1, -0.05) is 55.5 Å². The molecule has 0 aliphatic rings. The number of amides is 1. The molecule has 5 heteroatoms. The van der Waals surface area contributed by atoms with Crippen LogP contribution in [0.25, 0.3) is 10.8 Å². The highest BCUT2D eigenvalue weighted by Crippen LogP contribution is 2.27. The number of methoxy groups -OCH3 is 1. The zero-order valence-corrected chi connectivity index (χ0v) is 15.3. The molecule has 5 nitrogen and oxygen atoms in total. The topological polar surface area (TPSA) is 64.6 Å². The highest BCUT2D eigenvalue weighted by atomic mass is 16.5. The van der Waals surface area contributed by atoms with E-state index in [0.717, 1.165) is 10.8 Å². The van der Waals surface area contributed by atoms with E-state index < -0.39 is 12.1 Å². The van der Waals surface area contributed by atoms with E-state index in [4.69, 9.17) is 9.47 Å². The number of hydrogen-bond acceptors (Lipinski definition) is 4. The average molecular weight is 363 g/mol. The average Bonchev–Trinajstić information content (AvgIpc) is 2.71.